The second kappa shape index (κ2) is 12.6. The Balaban J connectivity index is 1.16. The van der Waals surface area contributed by atoms with E-state index in [0.717, 1.165) is 100 Å². The summed E-state index contributed by atoms with van der Waals surface area (Å²) in [4.78, 5) is 2.30. The van der Waals surface area contributed by atoms with E-state index in [0.29, 0.717) is 0 Å². The molecule has 0 saturated heterocycles. The van der Waals surface area contributed by atoms with Gasteiger partial charge >= 0.3 is 0 Å². The first kappa shape index (κ1) is 31.2. The van der Waals surface area contributed by atoms with Gasteiger partial charge in [-0.15, -0.1) is 0 Å². The van der Waals surface area contributed by atoms with Crippen LogP contribution in [-0.2, 0) is 0 Å². The maximum Gasteiger partial charge on any atom is 0.159 e. The Morgan fingerprint density at radius 3 is 1.84 bits per heavy atom. The highest BCUT2D eigenvalue weighted by Crippen LogP contribution is 2.52. The average Bonchev–Trinajstić information content (AvgIpc) is 3.57. The van der Waals surface area contributed by atoms with E-state index in [2.05, 4.69) is 193 Å². The summed E-state index contributed by atoms with van der Waals surface area (Å²) in [6, 6.07) is 70.8. The predicted molar refractivity (Wildman–Crippen MR) is 228 cm³/mol. The Morgan fingerprint density at radius 2 is 1.00 bits per heavy atom. The fourth-order valence-corrected chi connectivity index (χ4v) is 8.23. The number of anilines is 3. The minimum Gasteiger partial charge on any atom is -0.455 e. The Hall–Kier alpha value is -7.36. The molecule has 1 aromatic heterocycles. The van der Waals surface area contributed by atoms with Gasteiger partial charge in [0.05, 0.1) is 11.4 Å². The molecule has 0 amide bonds. The Morgan fingerprint density at radius 1 is 0.364 bits per heavy atom. The molecule has 0 saturated carbocycles. The van der Waals surface area contributed by atoms with Crippen LogP contribution in [0.3, 0.4) is 0 Å². The van der Waals surface area contributed by atoms with Gasteiger partial charge in [-0.3, -0.25) is 0 Å². The molecule has 0 bridgehead atoms. The van der Waals surface area contributed by atoms with Crippen molar-refractivity contribution in [1.82, 2.24) is 0 Å². The number of para-hydroxylation sites is 2. The van der Waals surface area contributed by atoms with Gasteiger partial charge in [0.1, 0.15) is 17.1 Å². The molecule has 0 N–H and O–H groups in total. The van der Waals surface area contributed by atoms with Gasteiger partial charge in [-0.1, -0.05) is 146 Å². The fraction of sp³-hybridized carbons (Fsp3) is 0. The van der Waals surface area contributed by atoms with Gasteiger partial charge in [-0.05, 0) is 87.3 Å². The third kappa shape index (κ3) is 5.20. The summed E-state index contributed by atoms with van der Waals surface area (Å²) in [7, 11) is 0. The normalized spacial score (nSPS) is 11.8. The number of benzene rings is 9. The van der Waals surface area contributed by atoms with Crippen LogP contribution >= 0.6 is 0 Å². The molecule has 0 unspecified atom stereocenters. The monoisotopic (exact) mass is 703 g/mol. The molecular formula is C52H33NO2. The molecule has 1 aliphatic heterocycles. The first-order valence-corrected chi connectivity index (χ1v) is 18.7. The van der Waals surface area contributed by atoms with Crippen molar-refractivity contribution in [3.63, 3.8) is 0 Å². The third-order valence-corrected chi connectivity index (χ3v) is 10.9. The quantitative estimate of drug-likeness (QED) is 0.178. The summed E-state index contributed by atoms with van der Waals surface area (Å²) in [5.41, 5.74) is 13.6. The van der Waals surface area contributed by atoms with Crippen molar-refractivity contribution in [3.05, 3.63) is 200 Å². The Bertz CT molecular complexity index is 3070. The van der Waals surface area contributed by atoms with Gasteiger partial charge in [0.25, 0.3) is 0 Å². The van der Waals surface area contributed by atoms with Gasteiger partial charge in [0.15, 0.2) is 5.58 Å². The molecule has 55 heavy (non-hydrogen) atoms. The zero-order chi connectivity index (χ0) is 36.3. The topological polar surface area (TPSA) is 25.6 Å². The molecule has 0 aliphatic carbocycles. The first-order valence-electron chi connectivity index (χ1n) is 18.7. The maximum atomic E-state index is 7.18. The highest BCUT2D eigenvalue weighted by Gasteiger charge is 2.26. The molecule has 11 rings (SSSR count). The molecule has 0 fully saturated rings. The minimum absolute atomic E-state index is 0.792. The summed E-state index contributed by atoms with van der Waals surface area (Å²) in [6.45, 7) is 0. The number of hydrogen-bond acceptors (Lipinski definition) is 3. The number of fused-ring (bicyclic) bond motifs is 10. The molecule has 1 aliphatic rings. The first-order chi connectivity index (χ1) is 27.3. The van der Waals surface area contributed by atoms with Crippen molar-refractivity contribution in [2.75, 3.05) is 4.90 Å². The van der Waals surface area contributed by atoms with Gasteiger partial charge in [-0.25, -0.2) is 0 Å². The SMILES string of the molecule is c1ccc(-c2cccc(N(c3ccc4c(c3)Oc3c(ccc5ccccc35)-c3ccc(-c5ccccc5)cc3-4)c3cccc4c3oc3ccccc34)c2)cc1. The predicted octanol–water partition coefficient (Wildman–Crippen LogP) is 15.0. The number of ether oxygens (including phenoxy) is 1. The van der Waals surface area contributed by atoms with Gasteiger partial charge in [-0.2, -0.15) is 0 Å². The van der Waals surface area contributed by atoms with E-state index in [9.17, 15) is 0 Å². The number of nitrogens with zero attached hydrogens (tertiary/aromatic N) is 1. The van der Waals surface area contributed by atoms with E-state index in [-0.39, 0.29) is 0 Å². The van der Waals surface area contributed by atoms with Crippen LogP contribution in [0.15, 0.2) is 205 Å². The van der Waals surface area contributed by atoms with Crippen molar-refractivity contribution < 1.29 is 9.15 Å². The highest BCUT2D eigenvalue weighted by atomic mass is 16.5. The summed E-state index contributed by atoms with van der Waals surface area (Å²) in [5, 5.41) is 4.39. The molecule has 0 radical (unpaired) electrons. The van der Waals surface area contributed by atoms with Gasteiger partial charge in [0, 0.05) is 39.0 Å². The van der Waals surface area contributed by atoms with Gasteiger partial charge in [0.2, 0.25) is 0 Å². The summed E-state index contributed by atoms with van der Waals surface area (Å²) in [5.74, 6) is 1.65. The lowest BCUT2D eigenvalue weighted by Crippen LogP contribution is -2.10. The van der Waals surface area contributed by atoms with Crippen molar-refractivity contribution in [2.45, 2.75) is 0 Å². The zero-order valence-corrected chi connectivity index (χ0v) is 29.8. The average molecular weight is 704 g/mol. The van der Waals surface area contributed by atoms with Crippen molar-refractivity contribution in [3.8, 4) is 56.0 Å². The van der Waals surface area contributed by atoms with Crippen LogP contribution in [0.4, 0.5) is 17.1 Å². The molecule has 10 aromatic rings. The van der Waals surface area contributed by atoms with Crippen molar-refractivity contribution in [1.29, 1.82) is 0 Å². The van der Waals surface area contributed by atoms with E-state index < -0.39 is 0 Å². The van der Waals surface area contributed by atoms with Crippen LogP contribution in [0, 0.1) is 0 Å². The Labute approximate surface area is 318 Å². The van der Waals surface area contributed by atoms with Crippen LogP contribution in [-0.4, -0.2) is 0 Å². The molecular weight excluding hydrogens is 671 g/mol. The van der Waals surface area contributed by atoms with Crippen molar-refractivity contribution >= 4 is 49.8 Å². The molecule has 3 nitrogen and oxygen atoms in total. The number of furan rings is 1. The van der Waals surface area contributed by atoms with E-state index in [1.807, 2.05) is 12.1 Å². The molecule has 2 heterocycles. The number of rotatable bonds is 5. The lowest BCUT2D eigenvalue weighted by atomic mass is 9.90. The smallest absolute Gasteiger partial charge is 0.159 e. The summed E-state index contributed by atoms with van der Waals surface area (Å²) < 4.78 is 13.9. The molecule has 258 valence electrons. The third-order valence-electron chi connectivity index (χ3n) is 10.9. The summed E-state index contributed by atoms with van der Waals surface area (Å²) >= 11 is 0. The lowest BCUT2D eigenvalue weighted by Gasteiger charge is -2.27. The largest absolute Gasteiger partial charge is 0.455 e. The molecule has 0 spiro atoms. The highest BCUT2D eigenvalue weighted by molar-refractivity contribution is 6.10. The lowest BCUT2D eigenvalue weighted by molar-refractivity contribution is 0.493. The molecule has 0 atom stereocenters. The van der Waals surface area contributed by atoms with Crippen LogP contribution in [0.25, 0.3) is 77.2 Å². The summed E-state index contributed by atoms with van der Waals surface area (Å²) in [6.07, 6.45) is 0. The van der Waals surface area contributed by atoms with Crippen LogP contribution in [0.2, 0.25) is 0 Å². The fourth-order valence-electron chi connectivity index (χ4n) is 8.23. The number of hydrogen-bond donors (Lipinski definition) is 0. The zero-order valence-electron chi connectivity index (χ0n) is 29.8. The standard InChI is InChI=1S/C52H33NO2/c1-3-13-34(14-4-1)37-18-11-19-39(31-37)53(48-23-12-22-45-43-21-9-10-24-49(43)54-52(45)48)40-27-30-44-47-32-38(35-15-5-2-6-16-35)26-28-42(47)46-29-25-36-17-7-8-20-41(36)51(46)55-50(44)33-40/h1-33H. The molecule has 9 aromatic carbocycles. The second-order valence-corrected chi connectivity index (χ2v) is 14.1. The molecule has 3 heteroatoms. The van der Waals surface area contributed by atoms with E-state index in [1.165, 1.54) is 5.56 Å². The second-order valence-electron chi connectivity index (χ2n) is 14.1. The van der Waals surface area contributed by atoms with Crippen molar-refractivity contribution in [2.24, 2.45) is 0 Å². The van der Waals surface area contributed by atoms with Crippen LogP contribution in [0.5, 0.6) is 11.5 Å². The van der Waals surface area contributed by atoms with Gasteiger partial charge < -0.3 is 14.1 Å². The van der Waals surface area contributed by atoms with Crippen LogP contribution < -0.4 is 9.64 Å². The van der Waals surface area contributed by atoms with Crippen LogP contribution in [0.1, 0.15) is 0 Å². The van der Waals surface area contributed by atoms with E-state index in [1.54, 1.807) is 0 Å². The van der Waals surface area contributed by atoms with E-state index in [4.69, 9.17) is 9.15 Å². The van der Waals surface area contributed by atoms with E-state index >= 15 is 0 Å². The maximum absolute atomic E-state index is 7.18. The minimum atomic E-state index is 0.792. The Kier molecular flexibility index (Phi) is 7.17.